The molecule has 0 bridgehead atoms. The van der Waals surface area contributed by atoms with E-state index < -0.39 is 0 Å². The number of nitrogens with zero attached hydrogens (tertiary/aromatic N) is 2. The summed E-state index contributed by atoms with van der Waals surface area (Å²) in [7, 11) is 0. The maximum Gasteiger partial charge on any atom is 0.103 e. The SMILES string of the molecule is c1cnc(C2CCO2)cn1. The normalized spacial score (nSPS) is 23.8. The first-order chi connectivity index (χ1) is 4.97. The van der Waals surface area contributed by atoms with Crippen molar-refractivity contribution in [2.24, 2.45) is 0 Å². The Kier molecular flexibility index (Phi) is 1.36. The van der Waals surface area contributed by atoms with Gasteiger partial charge in [-0.2, -0.15) is 0 Å². The fourth-order valence-corrected chi connectivity index (χ4v) is 0.946. The summed E-state index contributed by atoms with van der Waals surface area (Å²) >= 11 is 0. The van der Waals surface area contributed by atoms with Gasteiger partial charge in [-0.25, -0.2) is 0 Å². The van der Waals surface area contributed by atoms with Crippen LogP contribution >= 0.6 is 0 Å². The van der Waals surface area contributed by atoms with E-state index in [1.165, 1.54) is 0 Å². The van der Waals surface area contributed by atoms with Gasteiger partial charge in [-0.1, -0.05) is 0 Å². The first-order valence-electron chi connectivity index (χ1n) is 3.34. The zero-order chi connectivity index (χ0) is 6.81. The van der Waals surface area contributed by atoms with E-state index in [9.17, 15) is 0 Å². The van der Waals surface area contributed by atoms with Gasteiger partial charge in [0.2, 0.25) is 0 Å². The zero-order valence-corrected chi connectivity index (χ0v) is 5.53. The molecule has 3 nitrogen and oxygen atoms in total. The lowest BCUT2D eigenvalue weighted by atomic mass is 10.1. The van der Waals surface area contributed by atoms with Crippen molar-refractivity contribution < 1.29 is 4.74 Å². The van der Waals surface area contributed by atoms with Crippen LogP contribution in [0.4, 0.5) is 0 Å². The minimum Gasteiger partial charge on any atom is -0.372 e. The Morgan fingerprint density at radius 2 is 2.40 bits per heavy atom. The second kappa shape index (κ2) is 2.34. The molecule has 0 saturated carbocycles. The second-order valence-electron chi connectivity index (χ2n) is 2.28. The van der Waals surface area contributed by atoms with E-state index in [1.807, 2.05) is 0 Å². The third-order valence-electron chi connectivity index (χ3n) is 1.61. The van der Waals surface area contributed by atoms with Gasteiger partial charge >= 0.3 is 0 Å². The van der Waals surface area contributed by atoms with Crippen molar-refractivity contribution in [2.45, 2.75) is 12.5 Å². The minimum absolute atomic E-state index is 0.216. The summed E-state index contributed by atoms with van der Waals surface area (Å²) in [4.78, 5) is 8.06. The highest BCUT2D eigenvalue weighted by atomic mass is 16.5. The van der Waals surface area contributed by atoms with E-state index in [4.69, 9.17) is 4.74 Å². The Bertz CT molecular complexity index is 208. The standard InChI is InChI=1S/C7H8N2O/c1-4-10-7(1)6-5-8-2-3-9-6/h2-3,5,7H,1,4H2. The van der Waals surface area contributed by atoms with Crippen LogP contribution in [0.5, 0.6) is 0 Å². The molecule has 2 rings (SSSR count). The molecule has 0 amide bonds. The molecule has 52 valence electrons. The quantitative estimate of drug-likeness (QED) is 0.576. The third kappa shape index (κ3) is 0.885. The molecule has 0 spiro atoms. The van der Waals surface area contributed by atoms with Crippen molar-refractivity contribution in [3.8, 4) is 0 Å². The van der Waals surface area contributed by atoms with E-state index in [1.54, 1.807) is 18.6 Å². The molecule has 1 aliphatic rings. The van der Waals surface area contributed by atoms with E-state index in [-0.39, 0.29) is 6.10 Å². The number of hydrogen-bond acceptors (Lipinski definition) is 3. The van der Waals surface area contributed by atoms with Gasteiger partial charge in [0, 0.05) is 18.8 Å². The molecule has 0 radical (unpaired) electrons. The van der Waals surface area contributed by atoms with Crippen LogP contribution in [0.2, 0.25) is 0 Å². The van der Waals surface area contributed by atoms with E-state index >= 15 is 0 Å². The average molecular weight is 136 g/mol. The summed E-state index contributed by atoms with van der Waals surface area (Å²) in [5.74, 6) is 0. The van der Waals surface area contributed by atoms with Gasteiger partial charge in [-0.05, 0) is 0 Å². The molecule has 1 saturated heterocycles. The summed E-state index contributed by atoms with van der Waals surface area (Å²) in [5.41, 5.74) is 0.953. The lowest BCUT2D eigenvalue weighted by molar-refractivity contribution is -0.0554. The molecule has 0 aliphatic carbocycles. The molecule has 1 aliphatic heterocycles. The van der Waals surface area contributed by atoms with Crippen LogP contribution in [0.25, 0.3) is 0 Å². The number of aromatic nitrogens is 2. The topological polar surface area (TPSA) is 35.0 Å². The number of hydrogen-bond donors (Lipinski definition) is 0. The summed E-state index contributed by atoms with van der Waals surface area (Å²) in [6.45, 7) is 0.862. The van der Waals surface area contributed by atoms with Crippen LogP contribution < -0.4 is 0 Å². The Balaban J connectivity index is 2.18. The molecule has 10 heavy (non-hydrogen) atoms. The highest BCUT2D eigenvalue weighted by Gasteiger charge is 2.20. The summed E-state index contributed by atoms with van der Waals surface area (Å²) in [6, 6.07) is 0. The zero-order valence-electron chi connectivity index (χ0n) is 5.53. The molecular formula is C7H8N2O. The molecular weight excluding hydrogens is 128 g/mol. The number of rotatable bonds is 1. The highest BCUT2D eigenvalue weighted by Crippen LogP contribution is 2.26. The van der Waals surface area contributed by atoms with Crippen LogP contribution in [0.3, 0.4) is 0 Å². The molecule has 2 heterocycles. The van der Waals surface area contributed by atoms with Crippen molar-refractivity contribution in [1.82, 2.24) is 9.97 Å². The Morgan fingerprint density at radius 1 is 1.50 bits per heavy atom. The fraction of sp³-hybridized carbons (Fsp3) is 0.429. The van der Waals surface area contributed by atoms with Crippen LogP contribution in [0.1, 0.15) is 18.2 Å². The summed E-state index contributed by atoms with van der Waals surface area (Å²) in [5, 5.41) is 0. The Morgan fingerprint density at radius 3 is 2.90 bits per heavy atom. The lowest BCUT2D eigenvalue weighted by Crippen LogP contribution is -2.19. The monoisotopic (exact) mass is 136 g/mol. The van der Waals surface area contributed by atoms with Crippen molar-refractivity contribution in [1.29, 1.82) is 0 Å². The van der Waals surface area contributed by atoms with Crippen LogP contribution in [0, 0.1) is 0 Å². The first kappa shape index (κ1) is 5.80. The van der Waals surface area contributed by atoms with Crippen LogP contribution in [-0.4, -0.2) is 16.6 Å². The van der Waals surface area contributed by atoms with Gasteiger partial charge in [-0.15, -0.1) is 0 Å². The molecule has 1 aromatic rings. The van der Waals surface area contributed by atoms with Crippen LogP contribution in [0.15, 0.2) is 18.6 Å². The largest absolute Gasteiger partial charge is 0.372 e. The lowest BCUT2D eigenvalue weighted by Gasteiger charge is -2.24. The van der Waals surface area contributed by atoms with E-state index in [0.29, 0.717) is 0 Å². The molecule has 0 N–H and O–H groups in total. The van der Waals surface area contributed by atoms with Crippen molar-refractivity contribution in [3.63, 3.8) is 0 Å². The summed E-state index contributed by atoms with van der Waals surface area (Å²) < 4.78 is 5.21. The second-order valence-corrected chi connectivity index (χ2v) is 2.28. The first-order valence-corrected chi connectivity index (χ1v) is 3.34. The molecule has 1 fully saturated rings. The van der Waals surface area contributed by atoms with Crippen molar-refractivity contribution in [3.05, 3.63) is 24.3 Å². The van der Waals surface area contributed by atoms with Gasteiger partial charge in [-0.3, -0.25) is 9.97 Å². The predicted molar refractivity (Wildman–Crippen MR) is 35.3 cm³/mol. The molecule has 0 aromatic carbocycles. The smallest absolute Gasteiger partial charge is 0.103 e. The Labute approximate surface area is 59.1 Å². The van der Waals surface area contributed by atoms with Crippen molar-refractivity contribution in [2.75, 3.05) is 6.61 Å². The van der Waals surface area contributed by atoms with Gasteiger partial charge in [0.15, 0.2) is 0 Å². The molecule has 1 unspecified atom stereocenters. The molecule has 3 heteroatoms. The molecule has 1 aromatic heterocycles. The Hall–Kier alpha value is -0.960. The number of ether oxygens (including phenoxy) is 1. The maximum atomic E-state index is 5.21. The predicted octanol–water partition coefficient (Wildman–Crippen LogP) is 0.938. The fourth-order valence-electron chi connectivity index (χ4n) is 0.946. The average Bonchev–Trinajstić information content (AvgIpc) is 1.86. The van der Waals surface area contributed by atoms with Gasteiger partial charge in [0.25, 0.3) is 0 Å². The van der Waals surface area contributed by atoms with E-state index in [0.717, 1.165) is 18.7 Å². The van der Waals surface area contributed by atoms with Crippen molar-refractivity contribution >= 4 is 0 Å². The van der Waals surface area contributed by atoms with Gasteiger partial charge < -0.3 is 4.74 Å². The minimum atomic E-state index is 0.216. The van der Waals surface area contributed by atoms with Gasteiger partial charge in [0.05, 0.1) is 18.5 Å². The highest BCUT2D eigenvalue weighted by molar-refractivity contribution is 5.01. The maximum absolute atomic E-state index is 5.21. The summed E-state index contributed by atoms with van der Waals surface area (Å²) in [6.07, 6.45) is 6.41. The van der Waals surface area contributed by atoms with Gasteiger partial charge in [0.1, 0.15) is 6.10 Å². The van der Waals surface area contributed by atoms with Crippen LogP contribution in [-0.2, 0) is 4.74 Å². The molecule has 1 atom stereocenters. The third-order valence-corrected chi connectivity index (χ3v) is 1.61. The van der Waals surface area contributed by atoms with E-state index in [2.05, 4.69) is 9.97 Å².